The van der Waals surface area contributed by atoms with Crippen molar-refractivity contribution in [1.29, 1.82) is 5.26 Å². The van der Waals surface area contributed by atoms with Crippen LogP contribution in [0.3, 0.4) is 0 Å². The number of hydrogen-bond donors (Lipinski definition) is 2. The molecule has 2 aromatic rings. The summed E-state index contributed by atoms with van der Waals surface area (Å²) < 4.78 is 5.75. The number of nitrogens with one attached hydrogen (secondary N) is 1. The molecule has 0 radical (unpaired) electrons. The van der Waals surface area contributed by atoms with Crippen LogP contribution in [0.5, 0.6) is 5.75 Å². The molecule has 1 aromatic carbocycles. The number of nitriles is 1. The fraction of sp³-hybridized carbons (Fsp3) is 0.444. The number of thiazole rings is 1. The third-order valence-electron chi connectivity index (χ3n) is 6.98. The molecule has 182 valence electrons. The van der Waals surface area contributed by atoms with Gasteiger partial charge in [-0.05, 0) is 63.3 Å². The predicted octanol–water partition coefficient (Wildman–Crippen LogP) is 4.70. The van der Waals surface area contributed by atoms with Crippen LogP contribution >= 0.6 is 11.3 Å². The second-order valence-electron chi connectivity index (χ2n) is 9.79. The monoisotopic (exact) mass is 489 g/mol. The molecule has 5 rings (SSSR count). The number of allylic oxidation sites excluding steroid dienone is 3. The van der Waals surface area contributed by atoms with Crippen molar-refractivity contribution < 1.29 is 9.53 Å². The van der Waals surface area contributed by atoms with Gasteiger partial charge in [-0.25, -0.2) is 9.78 Å². The van der Waals surface area contributed by atoms with Crippen LogP contribution in [0.4, 0.5) is 4.79 Å². The average molecular weight is 490 g/mol. The molecule has 1 aromatic heterocycles. The number of carbonyl (C=O) groups is 1. The van der Waals surface area contributed by atoms with Crippen molar-refractivity contribution in [2.45, 2.75) is 57.7 Å². The average Bonchev–Trinajstić information content (AvgIpc) is 3.59. The molecule has 3 N–H and O–H groups in total. The van der Waals surface area contributed by atoms with Crippen molar-refractivity contribution in [2.75, 3.05) is 13.1 Å². The molecule has 1 unspecified atom stereocenters. The van der Waals surface area contributed by atoms with E-state index in [1.54, 1.807) is 11.3 Å². The number of hydrogen-bond acceptors (Lipinski definition) is 6. The normalized spacial score (nSPS) is 23.5. The van der Waals surface area contributed by atoms with Crippen LogP contribution in [0.1, 0.15) is 50.0 Å². The fourth-order valence-corrected chi connectivity index (χ4v) is 6.27. The maximum atomic E-state index is 12.8. The Morgan fingerprint density at radius 3 is 2.97 bits per heavy atom. The number of nitrogens with zero attached hydrogens (tertiary/aromatic N) is 3. The summed E-state index contributed by atoms with van der Waals surface area (Å²) in [6, 6.07) is 8.16. The second kappa shape index (κ2) is 9.84. The Balaban J connectivity index is 1.34. The van der Waals surface area contributed by atoms with Gasteiger partial charge in [0.2, 0.25) is 0 Å². The van der Waals surface area contributed by atoms with Gasteiger partial charge in [0.1, 0.15) is 16.8 Å². The summed E-state index contributed by atoms with van der Waals surface area (Å²) in [7, 11) is 0. The van der Waals surface area contributed by atoms with E-state index in [-0.39, 0.29) is 24.2 Å². The highest BCUT2D eigenvalue weighted by molar-refractivity contribution is 7.16. The number of nitrogens with two attached hydrogens (primary N) is 1. The van der Waals surface area contributed by atoms with Crippen LogP contribution < -0.4 is 15.8 Å². The lowest BCUT2D eigenvalue weighted by molar-refractivity contribution is 0.201. The van der Waals surface area contributed by atoms with Gasteiger partial charge < -0.3 is 20.7 Å². The number of ether oxygens (including phenoxy) is 1. The second-order valence-corrected chi connectivity index (χ2v) is 10.8. The van der Waals surface area contributed by atoms with Gasteiger partial charge in [0.15, 0.2) is 0 Å². The van der Waals surface area contributed by atoms with Crippen molar-refractivity contribution in [1.82, 2.24) is 15.2 Å². The molecule has 3 atom stereocenters. The topological polar surface area (TPSA) is 104 Å². The molecule has 2 aliphatic carbocycles. The van der Waals surface area contributed by atoms with Crippen molar-refractivity contribution in [3.8, 4) is 22.4 Å². The molecular weight excluding hydrogens is 458 g/mol. The van der Waals surface area contributed by atoms with Crippen molar-refractivity contribution >= 4 is 22.9 Å². The van der Waals surface area contributed by atoms with Crippen LogP contribution in [0.2, 0.25) is 0 Å². The molecule has 2 amide bonds. The molecule has 1 aliphatic heterocycles. The Morgan fingerprint density at radius 2 is 2.23 bits per heavy atom. The van der Waals surface area contributed by atoms with Crippen LogP contribution in [0.15, 0.2) is 42.1 Å². The summed E-state index contributed by atoms with van der Waals surface area (Å²) in [6.45, 7) is 5.27. The van der Waals surface area contributed by atoms with E-state index >= 15 is 0 Å². The highest BCUT2D eigenvalue weighted by atomic mass is 32.1. The van der Waals surface area contributed by atoms with E-state index in [0.29, 0.717) is 23.8 Å². The minimum absolute atomic E-state index is 0.00632. The number of urea groups is 1. The minimum atomic E-state index is 0.00632. The minimum Gasteiger partial charge on any atom is -0.490 e. The quantitative estimate of drug-likeness (QED) is 0.633. The Morgan fingerprint density at radius 1 is 1.37 bits per heavy atom. The number of fused-ring (bicyclic) bond motifs is 1. The van der Waals surface area contributed by atoms with Crippen LogP contribution in [-0.2, 0) is 0 Å². The highest BCUT2D eigenvalue weighted by Crippen LogP contribution is 2.44. The third kappa shape index (κ3) is 4.84. The van der Waals surface area contributed by atoms with Gasteiger partial charge in [-0.1, -0.05) is 17.7 Å². The number of amides is 2. The van der Waals surface area contributed by atoms with Gasteiger partial charge in [-0.2, -0.15) is 5.26 Å². The van der Waals surface area contributed by atoms with Crippen LogP contribution in [0, 0.1) is 17.2 Å². The Kier molecular flexibility index (Phi) is 6.63. The molecule has 2 fully saturated rings. The Labute approximate surface area is 210 Å². The standard InChI is InChI=1S/C27H31N5O2S/c1-16(2)34-24-9-6-17(12-18(24)13-28)26-30-14-25(35-26)22-5-3-4-21-20(22)7-8-23(21)31-27(33)32-11-10-19(29)15-32/h3,5-6,9,12,14,16,19,21,23H,4,7-8,10-11,15,29H2,1-2H3,(H,31,33)/t19-,21?,23+/m1/s1. The first-order valence-electron chi connectivity index (χ1n) is 12.3. The third-order valence-corrected chi connectivity index (χ3v) is 8.06. The van der Waals surface area contributed by atoms with Gasteiger partial charge in [0.05, 0.1) is 16.5 Å². The van der Waals surface area contributed by atoms with Gasteiger partial charge in [0, 0.05) is 42.9 Å². The maximum absolute atomic E-state index is 12.8. The number of aromatic nitrogens is 1. The summed E-state index contributed by atoms with van der Waals surface area (Å²) >= 11 is 1.64. The molecule has 1 saturated carbocycles. The summed E-state index contributed by atoms with van der Waals surface area (Å²) in [5, 5.41) is 13.7. The first-order chi connectivity index (χ1) is 16.9. The zero-order valence-electron chi connectivity index (χ0n) is 20.2. The van der Waals surface area contributed by atoms with E-state index in [1.807, 2.05) is 43.1 Å². The largest absolute Gasteiger partial charge is 0.490 e. The van der Waals surface area contributed by atoms with E-state index in [2.05, 4.69) is 28.5 Å². The number of carbonyl (C=O) groups excluding carboxylic acids is 1. The van der Waals surface area contributed by atoms with Gasteiger partial charge in [0.25, 0.3) is 0 Å². The van der Waals surface area contributed by atoms with E-state index in [1.165, 1.54) is 11.1 Å². The number of benzene rings is 1. The lowest BCUT2D eigenvalue weighted by Gasteiger charge is -2.26. The summed E-state index contributed by atoms with van der Waals surface area (Å²) in [6.07, 6.45) is 10.1. The summed E-state index contributed by atoms with van der Waals surface area (Å²) in [4.78, 5) is 20.4. The fourth-order valence-electron chi connectivity index (χ4n) is 5.29. The summed E-state index contributed by atoms with van der Waals surface area (Å²) in [5.74, 6) is 0.916. The lowest BCUT2D eigenvalue weighted by Crippen LogP contribution is -2.46. The first-order valence-corrected chi connectivity index (χ1v) is 13.1. The number of rotatable bonds is 5. The zero-order valence-corrected chi connectivity index (χ0v) is 21.0. The molecule has 1 saturated heterocycles. The maximum Gasteiger partial charge on any atom is 0.317 e. The van der Waals surface area contributed by atoms with Gasteiger partial charge in [-0.15, -0.1) is 11.3 Å². The molecule has 8 heteroatoms. The van der Waals surface area contributed by atoms with Crippen LogP contribution in [-0.4, -0.2) is 47.2 Å². The van der Waals surface area contributed by atoms with Crippen molar-refractivity contribution in [3.63, 3.8) is 0 Å². The van der Waals surface area contributed by atoms with Crippen LogP contribution in [0.25, 0.3) is 16.1 Å². The SMILES string of the molecule is CC(C)Oc1ccc(-c2ncc(C3=C4CC[C@H](NC(=O)N5CC[C@@H](N)C5)C4CC=C3)s2)cc1C#N. The Hall–Kier alpha value is -3.15. The van der Waals surface area contributed by atoms with E-state index < -0.39 is 0 Å². The van der Waals surface area contributed by atoms with Gasteiger partial charge in [-0.3, -0.25) is 0 Å². The lowest BCUT2D eigenvalue weighted by atomic mass is 9.87. The van der Waals surface area contributed by atoms with E-state index in [4.69, 9.17) is 10.5 Å². The smallest absolute Gasteiger partial charge is 0.317 e. The predicted molar refractivity (Wildman–Crippen MR) is 138 cm³/mol. The zero-order chi connectivity index (χ0) is 24.5. The first kappa shape index (κ1) is 23.6. The molecule has 0 bridgehead atoms. The molecule has 2 heterocycles. The Bertz CT molecular complexity index is 1220. The van der Waals surface area contributed by atoms with Crippen molar-refractivity contribution in [3.05, 3.63) is 52.6 Å². The summed E-state index contributed by atoms with van der Waals surface area (Å²) in [5.41, 5.74) is 10.0. The van der Waals surface area contributed by atoms with E-state index in [9.17, 15) is 10.1 Å². The molecule has 3 aliphatic rings. The van der Waals surface area contributed by atoms with Gasteiger partial charge >= 0.3 is 6.03 Å². The highest BCUT2D eigenvalue weighted by Gasteiger charge is 2.36. The van der Waals surface area contributed by atoms with Crippen molar-refractivity contribution in [2.24, 2.45) is 11.7 Å². The molecule has 7 nitrogen and oxygen atoms in total. The van der Waals surface area contributed by atoms with E-state index in [0.717, 1.165) is 47.7 Å². The molecule has 0 spiro atoms. The number of likely N-dealkylation sites (tertiary alicyclic amines) is 1. The molecule has 35 heavy (non-hydrogen) atoms. The molecular formula is C27H31N5O2S.